The zero-order valence-corrected chi connectivity index (χ0v) is 19.9. The molecule has 1 unspecified atom stereocenters. The second kappa shape index (κ2) is 7.49. The van der Waals surface area contributed by atoms with Gasteiger partial charge in [-0.15, -0.1) is 0 Å². The Bertz CT molecular complexity index is 1400. The molecule has 0 amide bonds. The Labute approximate surface area is 200 Å². The summed E-state index contributed by atoms with van der Waals surface area (Å²) in [6, 6.07) is 8.07. The molecule has 6 nitrogen and oxygen atoms in total. The van der Waals surface area contributed by atoms with E-state index in [2.05, 4.69) is 4.90 Å². The number of piperazine rings is 1. The first kappa shape index (κ1) is 24.2. The van der Waals surface area contributed by atoms with Gasteiger partial charge in [-0.25, -0.2) is 8.42 Å². The van der Waals surface area contributed by atoms with Gasteiger partial charge in [0.05, 0.1) is 11.8 Å². The van der Waals surface area contributed by atoms with Crippen molar-refractivity contribution in [1.82, 2.24) is 9.21 Å². The van der Waals surface area contributed by atoms with Gasteiger partial charge in [-0.2, -0.15) is 27.1 Å². The number of alkyl halides is 4. The number of rotatable bonds is 5. The highest BCUT2D eigenvalue weighted by molar-refractivity contribution is 7.88. The largest absolute Gasteiger partial charge is 0.373 e. The van der Waals surface area contributed by atoms with Crippen molar-refractivity contribution in [3.63, 3.8) is 0 Å². The number of nitriles is 1. The minimum atomic E-state index is -4.22. The van der Waals surface area contributed by atoms with Crippen LogP contribution in [0.5, 0.6) is 0 Å². The molecule has 0 bridgehead atoms. The first-order valence-electron chi connectivity index (χ1n) is 11.2. The number of aryl methyl sites for hydroxylation is 1. The topological polar surface area (TPSA) is 84.6 Å². The highest BCUT2D eigenvalue weighted by atomic mass is 32.2. The zero-order chi connectivity index (χ0) is 25.6. The molecule has 0 saturated carbocycles. The fraction of sp³-hybridized carbons (Fsp3) is 0.458. The van der Waals surface area contributed by atoms with Crippen LogP contribution in [-0.4, -0.2) is 55.2 Å². The van der Waals surface area contributed by atoms with Crippen molar-refractivity contribution >= 4 is 10.0 Å². The molecular weight excluding hydrogens is 486 g/mol. The van der Waals surface area contributed by atoms with E-state index in [0.717, 1.165) is 11.6 Å². The van der Waals surface area contributed by atoms with Gasteiger partial charge in [0.1, 0.15) is 6.07 Å². The molecule has 1 saturated heterocycles. The number of benzene rings is 2. The molecule has 2 aromatic rings. The Morgan fingerprint density at radius 2 is 1.69 bits per heavy atom. The van der Waals surface area contributed by atoms with Gasteiger partial charge in [-0.3, -0.25) is 4.90 Å². The monoisotopic (exact) mass is 509 g/mol. The molecule has 1 heterocycles. The average molecular weight is 510 g/mol. The van der Waals surface area contributed by atoms with E-state index in [1.807, 2.05) is 13.0 Å². The van der Waals surface area contributed by atoms with Gasteiger partial charge in [-0.05, 0) is 29.2 Å². The van der Waals surface area contributed by atoms with E-state index < -0.39 is 49.7 Å². The van der Waals surface area contributed by atoms with Gasteiger partial charge < -0.3 is 5.11 Å². The summed E-state index contributed by atoms with van der Waals surface area (Å²) in [6.07, 6.45) is 1.65. The fourth-order valence-corrected chi connectivity index (χ4v) is 6.32. The predicted molar refractivity (Wildman–Crippen MR) is 119 cm³/mol. The second-order valence-corrected chi connectivity index (χ2v) is 11.3. The SMILES string of the molecule is CCc1cc(CN2CCN(S(C)(=O)=O)CC2)ccc1-c1cc2c3c(c1C#N)C(F)(F)C3(O)C2(F)F. The van der Waals surface area contributed by atoms with Crippen LogP contribution in [0.3, 0.4) is 0 Å². The lowest BCUT2D eigenvalue weighted by Gasteiger charge is -2.59. The molecule has 0 spiro atoms. The van der Waals surface area contributed by atoms with Gasteiger partial charge in [0.15, 0.2) is 0 Å². The summed E-state index contributed by atoms with van der Waals surface area (Å²) in [6.45, 7) is 4.25. The van der Waals surface area contributed by atoms with Crippen LogP contribution in [0.2, 0.25) is 0 Å². The Morgan fingerprint density at radius 1 is 1.03 bits per heavy atom. The van der Waals surface area contributed by atoms with E-state index in [-0.39, 0.29) is 5.56 Å². The lowest BCUT2D eigenvalue weighted by atomic mass is 9.52. The van der Waals surface area contributed by atoms with Crippen molar-refractivity contribution in [2.75, 3.05) is 32.4 Å². The molecule has 0 radical (unpaired) electrons. The maximum absolute atomic E-state index is 14.7. The number of hydrogen-bond acceptors (Lipinski definition) is 5. The summed E-state index contributed by atoms with van der Waals surface area (Å²) in [4.78, 5) is 2.10. The Kier molecular flexibility index (Phi) is 5.18. The highest BCUT2D eigenvalue weighted by Gasteiger charge is 2.86. The molecule has 3 aliphatic rings. The van der Waals surface area contributed by atoms with E-state index in [9.17, 15) is 36.3 Å². The van der Waals surface area contributed by atoms with Gasteiger partial charge >= 0.3 is 11.8 Å². The average Bonchev–Trinajstić information content (AvgIpc) is 2.81. The summed E-state index contributed by atoms with van der Waals surface area (Å²) in [5.74, 6) is -8.33. The van der Waals surface area contributed by atoms with Crippen molar-refractivity contribution in [2.45, 2.75) is 37.3 Å². The van der Waals surface area contributed by atoms with Crippen LogP contribution in [-0.2, 0) is 40.4 Å². The van der Waals surface area contributed by atoms with E-state index >= 15 is 0 Å². The Morgan fingerprint density at radius 3 is 2.26 bits per heavy atom. The third-order valence-electron chi connectivity index (χ3n) is 7.41. The molecule has 1 aliphatic heterocycles. The van der Waals surface area contributed by atoms with E-state index in [0.29, 0.717) is 50.3 Å². The maximum Gasteiger partial charge on any atom is 0.313 e. The smallest absolute Gasteiger partial charge is 0.313 e. The second-order valence-electron chi connectivity index (χ2n) is 9.35. The summed E-state index contributed by atoms with van der Waals surface area (Å²) >= 11 is 0. The number of aliphatic hydroxyl groups is 1. The number of nitrogens with zero attached hydrogens (tertiary/aromatic N) is 3. The quantitative estimate of drug-likeness (QED) is 0.626. The maximum atomic E-state index is 14.7. The van der Waals surface area contributed by atoms with Gasteiger partial charge in [0, 0.05) is 55.0 Å². The third kappa shape index (κ3) is 3.06. The lowest BCUT2D eigenvalue weighted by molar-refractivity contribution is -0.352. The first-order chi connectivity index (χ1) is 16.3. The van der Waals surface area contributed by atoms with Crippen LogP contribution in [0.1, 0.15) is 40.3 Å². The Balaban J connectivity index is 1.49. The van der Waals surface area contributed by atoms with Crippen molar-refractivity contribution in [3.05, 3.63) is 57.6 Å². The van der Waals surface area contributed by atoms with Crippen LogP contribution >= 0.6 is 0 Å². The summed E-state index contributed by atoms with van der Waals surface area (Å²) in [7, 11) is -3.24. The number of sulfonamides is 1. The molecule has 2 aliphatic carbocycles. The van der Waals surface area contributed by atoms with Crippen LogP contribution in [0.15, 0.2) is 24.3 Å². The van der Waals surface area contributed by atoms with Crippen molar-refractivity contribution < 1.29 is 31.1 Å². The summed E-state index contributed by atoms with van der Waals surface area (Å²) in [5.41, 5.74) is -3.91. The molecule has 35 heavy (non-hydrogen) atoms. The van der Waals surface area contributed by atoms with E-state index in [1.54, 1.807) is 18.2 Å². The molecule has 1 fully saturated rings. The van der Waals surface area contributed by atoms with E-state index in [4.69, 9.17) is 0 Å². The van der Waals surface area contributed by atoms with Gasteiger partial charge in [-0.1, -0.05) is 25.1 Å². The van der Waals surface area contributed by atoms with Crippen molar-refractivity contribution in [2.24, 2.45) is 0 Å². The molecule has 2 aromatic carbocycles. The first-order valence-corrected chi connectivity index (χ1v) is 13.0. The summed E-state index contributed by atoms with van der Waals surface area (Å²) in [5, 5.41) is 19.7. The van der Waals surface area contributed by atoms with Crippen LogP contribution in [0, 0.1) is 11.3 Å². The Hall–Kier alpha value is -2.52. The fourth-order valence-electron chi connectivity index (χ4n) is 5.49. The van der Waals surface area contributed by atoms with Crippen LogP contribution < -0.4 is 0 Å². The zero-order valence-electron chi connectivity index (χ0n) is 19.1. The highest BCUT2D eigenvalue weighted by Crippen LogP contribution is 2.75. The molecule has 0 aromatic heterocycles. The predicted octanol–water partition coefficient (Wildman–Crippen LogP) is 3.26. The molecule has 11 heteroatoms. The number of hydrogen-bond donors (Lipinski definition) is 1. The standard InChI is InChI=1S/C24H23F4N3O3S/c1-3-15-10-14(13-30-6-8-31(9-7-30)35(2,33)34)4-5-16(15)17-11-19-21-20(18(17)12-29)24(27,28)22(21,32)23(19,25)26/h4-5,10-11,32H,3,6-9,13H2,1-2H3. The minimum Gasteiger partial charge on any atom is -0.373 e. The van der Waals surface area contributed by atoms with Crippen LogP contribution in [0.25, 0.3) is 11.1 Å². The van der Waals surface area contributed by atoms with Gasteiger partial charge in [0.2, 0.25) is 15.6 Å². The lowest BCUT2D eigenvalue weighted by Crippen LogP contribution is -2.70. The van der Waals surface area contributed by atoms with Crippen molar-refractivity contribution in [1.29, 1.82) is 5.26 Å². The number of halogens is 4. The minimum absolute atomic E-state index is 0.00696. The summed E-state index contributed by atoms with van der Waals surface area (Å²) < 4.78 is 83.2. The molecular formula is C24H23F4N3O3S. The molecule has 1 atom stereocenters. The van der Waals surface area contributed by atoms with Gasteiger partial charge in [0.25, 0.3) is 0 Å². The molecule has 186 valence electrons. The van der Waals surface area contributed by atoms with Crippen LogP contribution in [0.4, 0.5) is 17.6 Å². The normalized spacial score (nSPS) is 24.7. The third-order valence-corrected chi connectivity index (χ3v) is 8.71. The van der Waals surface area contributed by atoms with Crippen molar-refractivity contribution in [3.8, 4) is 17.2 Å². The molecule has 5 rings (SSSR count). The van der Waals surface area contributed by atoms with E-state index in [1.165, 1.54) is 10.6 Å². The molecule has 1 N–H and O–H groups in total.